The van der Waals surface area contributed by atoms with Gasteiger partial charge in [0, 0.05) is 30.7 Å². The van der Waals surface area contributed by atoms with Crippen LogP contribution in [0.3, 0.4) is 0 Å². The second-order valence-electron chi connectivity index (χ2n) is 6.53. The number of nitrogens with one attached hydrogen (secondary N) is 2. The molecule has 5 heteroatoms. The SMILES string of the molecule is CC(C)NC(=O)c1cccc(CNC(=O)N2CCCCC2C)c1. The molecule has 1 aromatic rings. The maximum absolute atomic E-state index is 12.3. The molecule has 0 aromatic heterocycles. The Hall–Kier alpha value is -2.04. The number of hydrogen-bond acceptors (Lipinski definition) is 2. The Morgan fingerprint density at radius 1 is 1.30 bits per heavy atom. The first-order chi connectivity index (χ1) is 11.0. The number of nitrogens with zero attached hydrogens (tertiary/aromatic N) is 1. The second kappa shape index (κ2) is 7.99. The van der Waals surface area contributed by atoms with Crippen molar-refractivity contribution in [2.75, 3.05) is 6.54 Å². The van der Waals surface area contributed by atoms with Gasteiger partial charge in [0.2, 0.25) is 0 Å². The van der Waals surface area contributed by atoms with Crippen molar-refractivity contribution in [1.82, 2.24) is 15.5 Å². The van der Waals surface area contributed by atoms with Gasteiger partial charge in [0.1, 0.15) is 0 Å². The molecular weight excluding hydrogens is 290 g/mol. The Kier molecular flexibility index (Phi) is 6.02. The minimum atomic E-state index is -0.0853. The van der Waals surface area contributed by atoms with E-state index in [9.17, 15) is 9.59 Å². The van der Waals surface area contributed by atoms with Crippen LogP contribution in [0.5, 0.6) is 0 Å². The van der Waals surface area contributed by atoms with Crippen molar-refractivity contribution in [2.45, 2.75) is 58.7 Å². The van der Waals surface area contributed by atoms with Gasteiger partial charge in [-0.25, -0.2) is 4.79 Å². The van der Waals surface area contributed by atoms with Crippen LogP contribution >= 0.6 is 0 Å². The smallest absolute Gasteiger partial charge is 0.317 e. The summed E-state index contributed by atoms with van der Waals surface area (Å²) in [6.45, 7) is 7.22. The average molecular weight is 317 g/mol. The van der Waals surface area contributed by atoms with Gasteiger partial charge in [-0.2, -0.15) is 0 Å². The van der Waals surface area contributed by atoms with E-state index in [4.69, 9.17) is 0 Å². The highest BCUT2D eigenvalue weighted by Crippen LogP contribution is 2.16. The molecule has 2 rings (SSSR count). The zero-order valence-corrected chi connectivity index (χ0v) is 14.3. The first-order valence-electron chi connectivity index (χ1n) is 8.41. The van der Waals surface area contributed by atoms with Crippen molar-refractivity contribution >= 4 is 11.9 Å². The van der Waals surface area contributed by atoms with Crippen LogP contribution in [-0.2, 0) is 6.54 Å². The zero-order chi connectivity index (χ0) is 16.8. The summed E-state index contributed by atoms with van der Waals surface area (Å²) in [5, 5.41) is 5.84. The van der Waals surface area contributed by atoms with Crippen molar-refractivity contribution in [3.8, 4) is 0 Å². The van der Waals surface area contributed by atoms with Crippen molar-refractivity contribution in [3.05, 3.63) is 35.4 Å². The van der Waals surface area contributed by atoms with E-state index in [2.05, 4.69) is 17.6 Å². The summed E-state index contributed by atoms with van der Waals surface area (Å²) in [7, 11) is 0. The molecule has 0 spiro atoms. The van der Waals surface area contributed by atoms with Crippen LogP contribution in [0.1, 0.15) is 56.0 Å². The summed E-state index contributed by atoms with van der Waals surface area (Å²) in [4.78, 5) is 26.2. The number of likely N-dealkylation sites (tertiary alicyclic amines) is 1. The quantitative estimate of drug-likeness (QED) is 0.897. The topological polar surface area (TPSA) is 61.4 Å². The van der Waals surface area contributed by atoms with E-state index in [-0.39, 0.29) is 18.0 Å². The molecule has 0 bridgehead atoms. The molecule has 2 N–H and O–H groups in total. The highest BCUT2D eigenvalue weighted by atomic mass is 16.2. The van der Waals surface area contributed by atoms with E-state index in [0.29, 0.717) is 18.2 Å². The monoisotopic (exact) mass is 317 g/mol. The molecule has 1 aliphatic rings. The maximum atomic E-state index is 12.3. The van der Waals surface area contributed by atoms with Gasteiger partial charge in [-0.15, -0.1) is 0 Å². The number of benzene rings is 1. The molecule has 1 fully saturated rings. The Bertz CT molecular complexity index is 557. The van der Waals surface area contributed by atoms with E-state index in [0.717, 1.165) is 24.9 Å². The molecule has 1 atom stereocenters. The Labute approximate surface area is 138 Å². The van der Waals surface area contributed by atoms with Gasteiger partial charge in [0.05, 0.1) is 0 Å². The molecule has 0 saturated carbocycles. The van der Waals surface area contributed by atoms with Crippen LogP contribution in [-0.4, -0.2) is 35.5 Å². The largest absolute Gasteiger partial charge is 0.350 e. The Morgan fingerprint density at radius 3 is 2.78 bits per heavy atom. The third-order valence-corrected chi connectivity index (χ3v) is 4.12. The fourth-order valence-electron chi connectivity index (χ4n) is 2.85. The summed E-state index contributed by atoms with van der Waals surface area (Å²) in [5.74, 6) is -0.0853. The highest BCUT2D eigenvalue weighted by molar-refractivity contribution is 5.94. The third-order valence-electron chi connectivity index (χ3n) is 4.12. The van der Waals surface area contributed by atoms with E-state index in [1.165, 1.54) is 6.42 Å². The van der Waals surface area contributed by atoms with E-state index >= 15 is 0 Å². The first kappa shape index (κ1) is 17.3. The number of carbonyl (C=O) groups is 2. The minimum absolute atomic E-state index is 0.0192. The van der Waals surface area contributed by atoms with Crippen LogP contribution in [0.15, 0.2) is 24.3 Å². The predicted molar refractivity (Wildman–Crippen MR) is 91.3 cm³/mol. The lowest BCUT2D eigenvalue weighted by Crippen LogP contribution is -2.47. The number of piperidine rings is 1. The Morgan fingerprint density at radius 2 is 2.09 bits per heavy atom. The molecule has 0 aliphatic carbocycles. The van der Waals surface area contributed by atoms with E-state index < -0.39 is 0 Å². The summed E-state index contributed by atoms with van der Waals surface area (Å²) in [6, 6.07) is 7.77. The van der Waals surface area contributed by atoms with Crippen LogP contribution < -0.4 is 10.6 Å². The van der Waals surface area contributed by atoms with Crippen LogP contribution in [0.4, 0.5) is 4.79 Å². The van der Waals surface area contributed by atoms with Gasteiger partial charge < -0.3 is 15.5 Å². The van der Waals surface area contributed by atoms with Crippen LogP contribution in [0.2, 0.25) is 0 Å². The minimum Gasteiger partial charge on any atom is -0.350 e. The van der Waals surface area contributed by atoms with Crippen molar-refractivity contribution in [3.63, 3.8) is 0 Å². The van der Waals surface area contributed by atoms with Gasteiger partial charge in [-0.1, -0.05) is 12.1 Å². The molecule has 5 nitrogen and oxygen atoms in total. The molecule has 23 heavy (non-hydrogen) atoms. The first-order valence-corrected chi connectivity index (χ1v) is 8.41. The average Bonchev–Trinajstić information content (AvgIpc) is 2.52. The van der Waals surface area contributed by atoms with Crippen LogP contribution in [0, 0.1) is 0 Å². The fourth-order valence-corrected chi connectivity index (χ4v) is 2.85. The highest BCUT2D eigenvalue weighted by Gasteiger charge is 2.22. The van der Waals surface area contributed by atoms with Crippen LogP contribution in [0.25, 0.3) is 0 Å². The molecule has 1 heterocycles. The van der Waals surface area contributed by atoms with Crippen molar-refractivity contribution in [2.24, 2.45) is 0 Å². The summed E-state index contributed by atoms with van der Waals surface area (Å²) in [5.41, 5.74) is 1.55. The number of rotatable bonds is 4. The van der Waals surface area contributed by atoms with Gasteiger partial charge in [-0.3, -0.25) is 4.79 Å². The van der Waals surface area contributed by atoms with Crippen molar-refractivity contribution in [1.29, 1.82) is 0 Å². The molecule has 1 aliphatic heterocycles. The van der Waals surface area contributed by atoms with E-state index in [1.54, 1.807) is 6.07 Å². The van der Waals surface area contributed by atoms with Crippen molar-refractivity contribution < 1.29 is 9.59 Å². The lowest BCUT2D eigenvalue weighted by Gasteiger charge is -2.33. The standard InChI is InChI=1S/C18H27N3O2/c1-13(2)20-17(22)16-9-6-8-15(11-16)12-19-18(23)21-10-5-4-7-14(21)3/h6,8-9,11,13-14H,4-5,7,10,12H2,1-3H3,(H,19,23)(H,20,22). The molecule has 126 valence electrons. The Balaban J connectivity index is 1.92. The normalized spacial score (nSPS) is 17.9. The molecule has 1 aromatic carbocycles. The van der Waals surface area contributed by atoms with Gasteiger partial charge in [-0.05, 0) is 57.7 Å². The summed E-state index contributed by atoms with van der Waals surface area (Å²) < 4.78 is 0. The van der Waals surface area contributed by atoms with E-state index in [1.807, 2.05) is 36.9 Å². The molecule has 3 amide bonds. The number of urea groups is 1. The molecule has 1 saturated heterocycles. The molecule has 1 unspecified atom stereocenters. The second-order valence-corrected chi connectivity index (χ2v) is 6.53. The number of amides is 3. The van der Waals surface area contributed by atoms with Gasteiger partial charge in [0.15, 0.2) is 0 Å². The van der Waals surface area contributed by atoms with Gasteiger partial charge >= 0.3 is 6.03 Å². The summed E-state index contributed by atoms with van der Waals surface area (Å²) >= 11 is 0. The molecular formula is C18H27N3O2. The predicted octanol–water partition coefficient (Wildman–Crippen LogP) is 2.91. The third kappa shape index (κ3) is 4.98. The zero-order valence-electron chi connectivity index (χ0n) is 14.3. The lowest BCUT2D eigenvalue weighted by molar-refractivity contribution is 0.0943. The summed E-state index contributed by atoms with van der Waals surface area (Å²) in [6.07, 6.45) is 3.33. The molecule has 0 radical (unpaired) electrons. The number of carbonyl (C=O) groups excluding carboxylic acids is 2. The fraction of sp³-hybridized carbons (Fsp3) is 0.556. The maximum Gasteiger partial charge on any atom is 0.317 e. The van der Waals surface area contributed by atoms with Gasteiger partial charge in [0.25, 0.3) is 5.91 Å². The lowest BCUT2D eigenvalue weighted by atomic mass is 10.0. The number of hydrogen-bond donors (Lipinski definition) is 2.